The lowest BCUT2D eigenvalue weighted by Crippen LogP contribution is -2.02. The highest BCUT2D eigenvalue weighted by Gasteiger charge is 2.19. The van der Waals surface area contributed by atoms with Gasteiger partial charge in [0.2, 0.25) is 12.2 Å². The molecule has 68 heavy (non-hydrogen) atoms. The number of fused-ring (bicyclic) bond motifs is 5. The summed E-state index contributed by atoms with van der Waals surface area (Å²) >= 11 is 0. The summed E-state index contributed by atoms with van der Waals surface area (Å²) in [4.78, 5) is 26.9. The summed E-state index contributed by atoms with van der Waals surface area (Å²) in [7, 11) is -8.94. The van der Waals surface area contributed by atoms with Crippen LogP contribution in [0.15, 0.2) is 214 Å². The predicted molar refractivity (Wildman–Crippen MR) is 267 cm³/mol. The molecule has 0 saturated carbocycles. The van der Waals surface area contributed by atoms with Crippen LogP contribution in [0.2, 0.25) is 0 Å². The van der Waals surface area contributed by atoms with Gasteiger partial charge in [-0.2, -0.15) is 26.8 Å². The minimum absolute atomic E-state index is 0.0233. The second-order valence-corrected chi connectivity index (χ2v) is 17.2. The highest BCUT2D eigenvalue weighted by Crippen LogP contribution is 2.33. The van der Waals surface area contributed by atoms with Gasteiger partial charge in [-0.05, 0) is 59.3 Å². The Hall–Kier alpha value is -8.72. The Morgan fingerprint density at radius 2 is 0.647 bits per heavy atom. The lowest BCUT2D eigenvalue weighted by molar-refractivity contribution is 0.475. The van der Waals surface area contributed by atoms with Crippen LogP contribution >= 0.6 is 0 Å². The first kappa shape index (κ1) is 48.7. The van der Waals surface area contributed by atoms with Crippen molar-refractivity contribution < 1.29 is 45.7 Å². The van der Waals surface area contributed by atoms with Gasteiger partial charge in [-0.3, -0.25) is 9.11 Å². The van der Waals surface area contributed by atoms with E-state index in [1.165, 1.54) is 47.2 Å². The molecule has 0 aliphatic heterocycles. The number of anilines is 2. The molecule has 0 amide bonds. The summed E-state index contributed by atoms with van der Waals surface area (Å²) in [5.74, 6) is 0.395. The number of carbonyl (C=O) groups excluding carboxylic acids is 2. The van der Waals surface area contributed by atoms with Gasteiger partial charge in [0.15, 0.2) is 0 Å². The van der Waals surface area contributed by atoms with E-state index in [1.807, 2.05) is 36.4 Å². The topological polar surface area (TPSA) is 260 Å². The summed E-state index contributed by atoms with van der Waals surface area (Å²) in [5, 5.41) is 26.3. The number of rotatable bonds is 4. The molecule has 0 aliphatic carbocycles. The van der Waals surface area contributed by atoms with Crippen molar-refractivity contribution in [3.05, 3.63) is 194 Å². The highest BCUT2D eigenvalue weighted by atomic mass is 32.2. The Balaban J connectivity index is 0.000000142. The quantitative estimate of drug-likeness (QED) is 0.0417. The maximum Gasteiger partial charge on any atom is 0.295 e. The van der Waals surface area contributed by atoms with Crippen molar-refractivity contribution in [3.8, 4) is 11.5 Å². The van der Waals surface area contributed by atoms with Crippen LogP contribution in [0.3, 0.4) is 0 Å². The first-order valence-electron chi connectivity index (χ1n) is 20.1. The molecule has 0 unspecified atom stereocenters. The van der Waals surface area contributed by atoms with Gasteiger partial charge in [-0.15, -0.1) is 0 Å². The summed E-state index contributed by atoms with van der Waals surface area (Å²) in [5.41, 5.74) is 14.1. The molecule has 10 rings (SSSR count). The van der Waals surface area contributed by atoms with Crippen LogP contribution in [-0.4, -0.2) is 48.3 Å². The standard InChI is InChI=1S/C12H6N2O2.C10H10N2.C10H8O6S2.C10H8O2.C10H8/c15-7-13-11-5-1-3-9-10(11)4-2-6-12(9)14-8-16;11-9-5-1-3-7-8(9)4-2-6-10(7)12;11-17(12,13)9-5-1-3-7-8(9)4-2-6-10(7)18(14,15)16;11-9-5-1-3-7-8(9)4-2-6-10(7)12;1-2-6-10-8-4-3-7-9(10)5-1/h1-6H;1-6H,11-12H2;1-6H,(H,11,12,13)(H,14,15,16);1-6,11-12H;1-8H. The van der Waals surface area contributed by atoms with Crippen molar-refractivity contribution >= 4 is 109 Å². The molecule has 0 saturated heterocycles. The van der Waals surface area contributed by atoms with Crippen LogP contribution in [-0.2, 0) is 29.8 Å². The monoisotopic (exact) mass is 944 g/mol. The van der Waals surface area contributed by atoms with Gasteiger partial charge in [-0.1, -0.05) is 146 Å². The number of phenolic OH excluding ortho intramolecular Hbond substituents is 2. The van der Waals surface area contributed by atoms with E-state index in [0.29, 0.717) is 22.1 Å². The molecular formula is C52H40N4O10S2. The molecule has 0 bridgehead atoms. The van der Waals surface area contributed by atoms with Crippen molar-refractivity contribution in [1.82, 2.24) is 0 Å². The molecule has 340 valence electrons. The predicted octanol–water partition coefficient (Wildman–Crippen LogP) is 11.2. The molecule has 0 fully saturated rings. The molecule has 10 aromatic carbocycles. The van der Waals surface area contributed by atoms with Crippen LogP contribution in [0, 0.1) is 0 Å². The van der Waals surface area contributed by atoms with E-state index in [4.69, 9.17) is 20.6 Å². The Morgan fingerprint density at radius 3 is 1.00 bits per heavy atom. The van der Waals surface area contributed by atoms with E-state index < -0.39 is 30.0 Å². The SMILES string of the molecule is Nc1cccc2c(N)cccc12.O=C=Nc1cccc2c(N=C=O)cccc12.O=S(=O)(O)c1cccc2c(S(=O)(=O)O)cccc12.Oc1cccc2c(O)cccc12.c1ccc2ccccc2c1. The smallest absolute Gasteiger partial charge is 0.295 e. The second-order valence-electron chi connectivity index (χ2n) is 14.4. The number of nitrogen functional groups attached to an aromatic ring is 2. The summed E-state index contributed by atoms with van der Waals surface area (Å²) < 4.78 is 62.7. The normalized spacial score (nSPS) is 10.7. The van der Waals surface area contributed by atoms with Crippen LogP contribution in [0.25, 0.3) is 53.9 Å². The zero-order valence-corrected chi connectivity index (χ0v) is 37.2. The number of isocyanates is 2. The van der Waals surface area contributed by atoms with Crippen molar-refractivity contribution in [2.24, 2.45) is 9.98 Å². The fourth-order valence-corrected chi connectivity index (χ4v) is 8.45. The Kier molecular flexibility index (Phi) is 15.7. The number of nitrogens with two attached hydrogens (primary N) is 2. The maximum atomic E-state index is 11.2. The van der Waals surface area contributed by atoms with Gasteiger partial charge in [0.1, 0.15) is 21.3 Å². The van der Waals surface area contributed by atoms with Gasteiger partial charge >= 0.3 is 0 Å². The maximum absolute atomic E-state index is 11.2. The Labute approximate surface area is 389 Å². The fraction of sp³-hybridized carbons (Fsp3) is 0. The molecule has 10 aromatic rings. The first-order valence-corrected chi connectivity index (χ1v) is 23.0. The lowest BCUT2D eigenvalue weighted by atomic mass is 10.1. The zero-order valence-electron chi connectivity index (χ0n) is 35.6. The van der Waals surface area contributed by atoms with Crippen molar-refractivity contribution in [2.75, 3.05) is 11.5 Å². The van der Waals surface area contributed by atoms with E-state index in [2.05, 4.69) is 58.5 Å². The van der Waals surface area contributed by atoms with Crippen molar-refractivity contribution in [2.45, 2.75) is 9.79 Å². The van der Waals surface area contributed by atoms with Gasteiger partial charge in [0, 0.05) is 54.5 Å². The van der Waals surface area contributed by atoms with Gasteiger partial charge in [0.25, 0.3) is 20.2 Å². The van der Waals surface area contributed by atoms with E-state index in [9.17, 15) is 36.6 Å². The number of hydrogen-bond donors (Lipinski definition) is 6. The number of phenols is 2. The summed E-state index contributed by atoms with van der Waals surface area (Å²) in [6, 6.07) is 56.4. The number of nitrogens with zero attached hydrogens (tertiary/aromatic N) is 2. The Bertz CT molecular complexity index is 3420. The number of benzene rings is 10. The Morgan fingerprint density at radius 1 is 0.353 bits per heavy atom. The minimum atomic E-state index is -4.47. The molecule has 0 heterocycles. The van der Waals surface area contributed by atoms with Crippen LogP contribution in [0.4, 0.5) is 22.7 Å². The van der Waals surface area contributed by atoms with Gasteiger partial charge in [0.05, 0.1) is 11.4 Å². The van der Waals surface area contributed by atoms with E-state index in [1.54, 1.807) is 72.8 Å². The lowest BCUT2D eigenvalue weighted by Gasteiger charge is -2.06. The molecule has 0 radical (unpaired) electrons. The third-order valence-corrected chi connectivity index (χ3v) is 12.0. The highest BCUT2D eigenvalue weighted by molar-refractivity contribution is 7.86. The average Bonchev–Trinajstić information content (AvgIpc) is 3.33. The minimum Gasteiger partial charge on any atom is -0.507 e. The number of aliphatic imine (C=N–C) groups is 2. The van der Waals surface area contributed by atoms with Gasteiger partial charge in [-0.25, -0.2) is 9.59 Å². The number of hydrogen-bond acceptors (Lipinski definition) is 12. The number of aromatic hydroxyl groups is 2. The molecule has 0 aliphatic rings. The van der Waals surface area contributed by atoms with Crippen LogP contribution in [0.5, 0.6) is 11.5 Å². The first-order chi connectivity index (χ1) is 32.6. The molecule has 14 nitrogen and oxygen atoms in total. The van der Waals surface area contributed by atoms with E-state index >= 15 is 0 Å². The second kappa shape index (κ2) is 22.0. The third-order valence-electron chi connectivity index (χ3n) is 10.1. The van der Waals surface area contributed by atoms with E-state index in [0.717, 1.165) is 45.1 Å². The summed E-state index contributed by atoms with van der Waals surface area (Å²) in [6.45, 7) is 0. The average molecular weight is 945 g/mol. The van der Waals surface area contributed by atoms with Crippen LogP contribution in [0.1, 0.15) is 0 Å². The van der Waals surface area contributed by atoms with Crippen LogP contribution < -0.4 is 11.5 Å². The van der Waals surface area contributed by atoms with E-state index in [-0.39, 0.29) is 22.3 Å². The molecule has 0 atom stereocenters. The van der Waals surface area contributed by atoms with Crippen molar-refractivity contribution in [3.63, 3.8) is 0 Å². The largest absolute Gasteiger partial charge is 0.507 e. The van der Waals surface area contributed by atoms with Crippen molar-refractivity contribution in [1.29, 1.82) is 0 Å². The molecule has 0 spiro atoms. The third kappa shape index (κ3) is 11.9. The molecule has 8 N–H and O–H groups in total. The molecule has 0 aromatic heterocycles. The molecular weight excluding hydrogens is 905 g/mol. The zero-order chi connectivity index (χ0) is 48.8. The molecule has 16 heteroatoms. The van der Waals surface area contributed by atoms with Gasteiger partial charge < -0.3 is 21.7 Å². The fourth-order valence-electron chi connectivity index (χ4n) is 7.04. The summed E-state index contributed by atoms with van der Waals surface area (Å²) in [6.07, 6.45) is 2.99.